The largest absolute Gasteiger partial charge is 0.436 e. The van der Waals surface area contributed by atoms with Crippen molar-refractivity contribution in [2.75, 3.05) is 4.90 Å². The molecule has 0 N–H and O–H groups in total. The number of nitrogens with zero attached hydrogens (tertiary/aromatic N) is 2. The van der Waals surface area contributed by atoms with E-state index in [9.17, 15) is 0 Å². The molecule has 0 radical (unpaired) electrons. The molecule has 0 aliphatic heterocycles. The van der Waals surface area contributed by atoms with Gasteiger partial charge in [0.25, 0.3) is 0 Å². The SMILES string of the molecule is c1ccc(-c2nc3c(ccc4ccc5ccc(N(c6ccccc6)c6cccc(-c7ccc8sc9ccccc9c8c7)c6)cc5c43)o2)cc1. The van der Waals surface area contributed by atoms with Gasteiger partial charge in [-0.05, 0) is 100 Å². The Morgan fingerprint density at radius 2 is 1.12 bits per heavy atom. The number of para-hydroxylation sites is 1. The Labute approximate surface area is 286 Å². The van der Waals surface area contributed by atoms with Gasteiger partial charge in [0.2, 0.25) is 5.89 Å². The first-order valence-electron chi connectivity index (χ1n) is 16.5. The number of anilines is 3. The summed E-state index contributed by atoms with van der Waals surface area (Å²) in [6.07, 6.45) is 0. The number of hydrogen-bond donors (Lipinski definition) is 0. The zero-order valence-corrected chi connectivity index (χ0v) is 27.2. The normalized spacial score (nSPS) is 11.7. The summed E-state index contributed by atoms with van der Waals surface area (Å²) in [5.41, 5.74) is 8.28. The Balaban J connectivity index is 1.15. The highest BCUT2D eigenvalue weighted by molar-refractivity contribution is 7.25. The van der Waals surface area contributed by atoms with Crippen LogP contribution in [0.5, 0.6) is 0 Å². The number of benzene rings is 8. The van der Waals surface area contributed by atoms with E-state index in [2.05, 4.69) is 138 Å². The van der Waals surface area contributed by atoms with Crippen molar-refractivity contribution < 1.29 is 4.42 Å². The molecule has 2 aromatic heterocycles. The van der Waals surface area contributed by atoms with Crippen LogP contribution in [0.4, 0.5) is 17.1 Å². The fourth-order valence-corrected chi connectivity index (χ4v) is 8.20. The van der Waals surface area contributed by atoms with Gasteiger partial charge in [0.15, 0.2) is 5.58 Å². The molecule has 0 amide bonds. The predicted octanol–water partition coefficient (Wildman–Crippen LogP) is 13.3. The Hall–Kier alpha value is -6.23. The van der Waals surface area contributed by atoms with Crippen LogP contribution in [0.2, 0.25) is 0 Å². The third kappa shape index (κ3) is 4.68. The first kappa shape index (κ1) is 27.8. The average Bonchev–Trinajstić information content (AvgIpc) is 3.77. The van der Waals surface area contributed by atoms with Crippen molar-refractivity contribution in [3.8, 4) is 22.6 Å². The zero-order valence-electron chi connectivity index (χ0n) is 26.4. The molecular weight excluding hydrogens is 617 g/mol. The highest BCUT2D eigenvalue weighted by atomic mass is 32.1. The molecule has 0 atom stereocenters. The Bertz CT molecular complexity index is 2840. The van der Waals surface area contributed by atoms with Gasteiger partial charge in [-0.2, -0.15) is 0 Å². The van der Waals surface area contributed by atoms with Crippen molar-refractivity contribution >= 4 is 81.2 Å². The average molecular weight is 645 g/mol. The maximum absolute atomic E-state index is 6.31. The van der Waals surface area contributed by atoms with Crippen LogP contribution in [0.15, 0.2) is 174 Å². The molecule has 3 nitrogen and oxygen atoms in total. The minimum atomic E-state index is 0.632. The lowest BCUT2D eigenvalue weighted by Crippen LogP contribution is -2.09. The predicted molar refractivity (Wildman–Crippen MR) is 207 cm³/mol. The van der Waals surface area contributed by atoms with Crippen LogP contribution < -0.4 is 4.90 Å². The second-order valence-electron chi connectivity index (χ2n) is 12.4. The van der Waals surface area contributed by atoms with E-state index in [1.807, 2.05) is 47.7 Å². The van der Waals surface area contributed by atoms with Crippen LogP contribution in [-0.2, 0) is 0 Å². The lowest BCUT2D eigenvalue weighted by atomic mass is 9.99. The van der Waals surface area contributed by atoms with Crippen molar-refractivity contribution in [2.45, 2.75) is 0 Å². The third-order valence-corrected chi connectivity index (χ3v) is 10.6. The van der Waals surface area contributed by atoms with Gasteiger partial charge < -0.3 is 9.32 Å². The molecule has 230 valence electrons. The zero-order chi connectivity index (χ0) is 32.3. The van der Waals surface area contributed by atoms with Crippen LogP contribution in [0.25, 0.3) is 75.4 Å². The quantitative estimate of drug-likeness (QED) is 0.175. The van der Waals surface area contributed by atoms with E-state index in [-0.39, 0.29) is 0 Å². The molecule has 0 fully saturated rings. The maximum atomic E-state index is 6.31. The summed E-state index contributed by atoms with van der Waals surface area (Å²) < 4.78 is 8.94. The van der Waals surface area contributed by atoms with Crippen molar-refractivity contribution in [3.05, 3.63) is 170 Å². The molecular formula is C45H28N2OS. The molecule has 0 saturated carbocycles. The molecule has 10 aromatic rings. The van der Waals surface area contributed by atoms with E-state index in [0.717, 1.165) is 55.3 Å². The summed E-state index contributed by atoms with van der Waals surface area (Å²) in [4.78, 5) is 7.40. The van der Waals surface area contributed by atoms with Crippen LogP contribution >= 0.6 is 11.3 Å². The first-order valence-corrected chi connectivity index (χ1v) is 17.3. The summed E-state index contributed by atoms with van der Waals surface area (Å²) in [6.45, 7) is 0. The van der Waals surface area contributed by atoms with Crippen molar-refractivity contribution in [1.29, 1.82) is 0 Å². The fraction of sp³-hybridized carbons (Fsp3) is 0. The van der Waals surface area contributed by atoms with Crippen LogP contribution in [0, 0.1) is 0 Å². The summed E-state index contributed by atoms with van der Waals surface area (Å²) in [5.74, 6) is 0.632. The first-order chi connectivity index (χ1) is 24.3. The number of fused-ring (bicyclic) bond motifs is 8. The van der Waals surface area contributed by atoms with Gasteiger partial charge in [-0.25, -0.2) is 4.98 Å². The van der Waals surface area contributed by atoms with Gasteiger partial charge in [-0.3, -0.25) is 0 Å². The highest BCUT2D eigenvalue weighted by Crippen LogP contribution is 2.42. The summed E-state index contributed by atoms with van der Waals surface area (Å²) in [6, 6.07) is 60.4. The van der Waals surface area contributed by atoms with Crippen molar-refractivity contribution in [3.63, 3.8) is 0 Å². The topological polar surface area (TPSA) is 29.3 Å². The molecule has 4 heteroatoms. The van der Waals surface area contributed by atoms with E-state index in [4.69, 9.17) is 9.40 Å². The van der Waals surface area contributed by atoms with Gasteiger partial charge in [0.1, 0.15) is 5.52 Å². The van der Waals surface area contributed by atoms with Crippen molar-refractivity contribution in [2.24, 2.45) is 0 Å². The Morgan fingerprint density at radius 3 is 2.02 bits per heavy atom. The fourth-order valence-electron chi connectivity index (χ4n) is 7.11. The second-order valence-corrected chi connectivity index (χ2v) is 13.5. The summed E-state index contributed by atoms with van der Waals surface area (Å²) in [7, 11) is 0. The Kier molecular flexibility index (Phi) is 6.36. The van der Waals surface area contributed by atoms with Gasteiger partial charge >= 0.3 is 0 Å². The Morgan fingerprint density at radius 1 is 0.449 bits per heavy atom. The number of rotatable bonds is 5. The van der Waals surface area contributed by atoms with Gasteiger partial charge in [-0.15, -0.1) is 11.3 Å². The molecule has 0 aliphatic rings. The molecule has 10 rings (SSSR count). The summed E-state index contributed by atoms with van der Waals surface area (Å²) >= 11 is 1.85. The molecule has 0 spiro atoms. The van der Waals surface area contributed by atoms with Crippen LogP contribution in [-0.4, -0.2) is 4.98 Å². The van der Waals surface area contributed by atoms with E-state index >= 15 is 0 Å². The monoisotopic (exact) mass is 644 g/mol. The van der Waals surface area contributed by atoms with E-state index < -0.39 is 0 Å². The summed E-state index contributed by atoms with van der Waals surface area (Å²) in [5, 5.41) is 7.15. The number of thiophene rings is 1. The molecule has 2 heterocycles. The maximum Gasteiger partial charge on any atom is 0.227 e. The molecule has 0 bridgehead atoms. The minimum Gasteiger partial charge on any atom is -0.436 e. The van der Waals surface area contributed by atoms with Gasteiger partial charge in [-0.1, -0.05) is 97.1 Å². The third-order valence-electron chi connectivity index (χ3n) is 9.45. The molecule has 0 unspecified atom stereocenters. The number of hydrogen-bond acceptors (Lipinski definition) is 4. The molecule has 49 heavy (non-hydrogen) atoms. The highest BCUT2D eigenvalue weighted by Gasteiger charge is 2.17. The molecule has 0 aliphatic carbocycles. The lowest BCUT2D eigenvalue weighted by molar-refractivity contribution is 0.620. The van der Waals surface area contributed by atoms with Gasteiger partial charge in [0.05, 0.1) is 0 Å². The van der Waals surface area contributed by atoms with Gasteiger partial charge in [0, 0.05) is 48.2 Å². The van der Waals surface area contributed by atoms with E-state index in [1.54, 1.807) is 0 Å². The van der Waals surface area contributed by atoms with Crippen LogP contribution in [0.3, 0.4) is 0 Å². The number of oxazole rings is 1. The standard InChI is InChI=1S/C45H28N2OS/c1-3-10-31(11-4-1)45-46-44-40(48-45)24-21-30-19-18-29-20-23-36(28-38(29)43(30)44)47(34-13-5-2-6-14-34)35-15-9-12-32(26-35)33-22-25-42-39(27-33)37-16-7-8-17-41(37)49-42/h1-28H. The van der Waals surface area contributed by atoms with Crippen molar-refractivity contribution in [1.82, 2.24) is 4.98 Å². The lowest BCUT2D eigenvalue weighted by Gasteiger charge is -2.26. The van der Waals surface area contributed by atoms with Crippen LogP contribution in [0.1, 0.15) is 0 Å². The number of aromatic nitrogens is 1. The minimum absolute atomic E-state index is 0.632. The second kappa shape index (κ2) is 11.2. The van der Waals surface area contributed by atoms with E-state index in [0.29, 0.717) is 5.89 Å². The molecule has 8 aromatic carbocycles. The van der Waals surface area contributed by atoms with E-state index in [1.165, 1.54) is 31.3 Å². The smallest absolute Gasteiger partial charge is 0.227 e. The molecule has 0 saturated heterocycles.